The summed E-state index contributed by atoms with van der Waals surface area (Å²) in [7, 11) is 0. The van der Waals surface area contributed by atoms with Crippen molar-refractivity contribution < 1.29 is 4.79 Å². The van der Waals surface area contributed by atoms with Gasteiger partial charge in [-0.05, 0) is 44.2 Å². The smallest absolute Gasteiger partial charge is 0.254 e. The molecule has 2 N–H and O–H groups in total. The lowest BCUT2D eigenvalue weighted by Crippen LogP contribution is -2.49. The molecule has 1 aliphatic heterocycles. The van der Waals surface area contributed by atoms with Crippen LogP contribution in [0.3, 0.4) is 0 Å². The van der Waals surface area contributed by atoms with Gasteiger partial charge in [-0.3, -0.25) is 4.79 Å². The third kappa shape index (κ3) is 2.98. The van der Waals surface area contributed by atoms with Crippen LogP contribution in [0.5, 0.6) is 0 Å². The van der Waals surface area contributed by atoms with Gasteiger partial charge in [0, 0.05) is 24.7 Å². The number of hydrogen-bond donors (Lipinski definition) is 1. The van der Waals surface area contributed by atoms with Crippen molar-refractivity contribution in [2.45, 2.75) is 39.7 Å². The van der Waals surface area contributed by atoms with Crippen molar-refractivity contribution in [3.05, 3.63) is 34.9 Å². The van der Waals surface area contributed by atoms with Crippen molar-refractivity contribution in [2.24, 2.45) is 11.7 Å². The number of rotatable bonds is 2. The normalized spacial score (nSPS) is 23.5. The van der Waals surface area contributed by atoms with E-state index in [2.05, 4.69) is 6.92 Å². The lowest BCUT2D eigenvalue weighted by molar-refractivity contribution is 0.0573. The molecule has 3 heteroatoms. The van der Waals surface area contributed by atoms with Crippen LogP contribution in [-0.4, -0.2) is 29.9 Å². The average molecular weight is 260 g/mol. The number of benzene rings is 1. The van der Waals surface area contributed by atoms with Crippen LogP contribution >= 0.6 is 0 Å². The summed E-state index contributed by atoms with van der Waals surface area (Å²) in [4.78, 5) is 14.7. The Morgan fingerprint density at radius 2 is 2.16 bits per heavy atom. The van der Waals surface area contributed by atoms with Crippen molar-refractivity contribution in [1.29, 1.82) is 0 Å². The summed E-state index contributed by atoms with van der Waals surface area (Å²) < 4.78 is 0. The van der Waals surface area contributed by atoms with Crippen LogP contribution in [0.1, 0.15) is 41.3 Å². The molecule has 1 saturated heterocycles. The van der Waals surface area contributed by atoms with Gasteiger partial charge in [0.1, 0.15) is 0 Å². The molecule has 0 bridgehead atoms. The van der Waals surface area contributed by atoms with E-state index in [4.69, 9.17) is 5.73 Å². The minimum atomic E-state index is 0.142. The Labute approximate surface area is 115 Å². The van der Waals surface area contributed by atoms with Gasteiger partial charge in [-0.2, -0.15) is 0 Å². The predicted molar refractivity (Wildman–Crippen MR) is 78.2 cm³/mol. The van der Waals surface area contributed by atoms with E-state index < -0.39 is 0 Å². The summed E-state index contributed by atoms with van der Waals surface area (Å²) in [6.07, 6.45) is 2.10. The fraction of sp³-hybridized carbons (Fsp3) is 0.562. The zero-order chi connectivity index (χ0) is 14.0. The quantitative estimate of drug-likeness (QED) is 0.888. The molecule has 3 nitrogen and oxygen atoms in total. The van der Waals surface area contributed by atoms with Gasteiger partial charge in [0.2, 0.25) is 0 Å². The number of piperidine rings is 1. The lowest BCUT2D eigenvalue weighted by atomic mass is 9.91. The SMILES string of the molecule is Cc1ccc(C)c(C(=O)N2CCC(C)CC2CN)c1. The molecule has 19 heavy (non-hydrogen) atoms. The monoisotopic (exact) mass is 260 g/mol. The Bertz CT molecular complexity index is 470. The van der Waals surface area contributed by atoms with Gasteiger partial charge in [0.05, 0.1) is 0 Å². The third-order valence-electron chi connectivity index (χ3n) is 4.13. The largest absolute Gasteiger partial charge is 0.334 e. The van der Waals surface area contributed by atoms with Crippen LogP contribution in [0.15, 0.2) is 18.2 Å². The molecule has 2 rings (SSSR count). The molecule has 104 valence electrons. The minimum absolute atomic E-state index is 0.142. The molecule has 2 unspecified atom stereocenters. The van der Waals surface area contributed by atoms with Gasteiger partial charge in [0.25, 0.3) is 5.91 Å². The van der Waals surface area contributed by atoms with Crippen LogP contribution in [0.4, 0.5) is 0 Å². The second-order valence-corrected chi connectivity index (χ2v) is 5.84. The molecule has 1 aromatic rings. The molecule has 1 aliphatic rings. The molecule has 0 radical (unpaired) electrons. The number of carbonyl (C=O) groups is 1. The number of aryl methyl sites for hydroxylation is 2. The maximum Gasteiger partial charge on any atom is 0.254 e. The number of carbonyl (C=O) groups excluding carboxylic acids is 1. The summed E-state index contributed by atoms with van der Waals surface area (Å²) in [5, 5.41) is 0. The first kappa shape index (κ1) is 14.1. The molecule has 1 aromatic carbocycles. The maximum atomic E-state index is 12.7. The van der Waals surface area contributed by atoms with E-state index in [1.54, 1.807) is 0 Å². The first-order chi connectivity index (χ1) is 9.02. The molecular weight excluding hydrogens is 236 g/mol. The standard InChI is InChI=1S/C16H24N2O/c1-11-4-5-13(3)15(9-11)16(19)18-7-6-12(2)8-14(18)10-17/h4-5,9,12,14H,6-8,10,17H2,1-3H3. The zero-order valence-corrected chi connectivity index (χ0v) is 12.1. The van der Waals surface area contributed by atoms with Crippen molar-refractivity contribution >= 4 is 5.91 Å². The Morgan fingerprint density at radius 1 is 1.42 bits per heavy atom. The summed E-state index contributed by atoms with van der Waals surface area (Å²) in [5.74, 6) is 0.805. The highest BCUT2D eigenvalue weighted by atomic mass is 16.2. The molecule has 1 fully saturated rings. The molecule has 0 spiro atoms. The van der Waals surface area contributed by atoms with Crippen molar-refractivity contribution in [2.75, 3.05) is 13.1 Å². The Morgan fingerprint density at radius 3 is 2.84 bits per heavy atom. The molecule has 0 aliphatic carbocycles. The molecule has 0 saturated carbocycles. The second-order valence-electron chi connectivity index (χ2n) is 5.84. The molecule has 2 atom stereocenters. The Balaban J connectivity index is 2.25. The van der Waals surface area contributed by atoms with Gasteiger partial charge in [-0.1, -0.05) is 24.6 Å². The number of nitrogens with two attached hydrogens (primary N) is 1. The van der Waals surface area contributed by atoms with Crippen LogP contribution in [-0.2, 0) is 0 Å². The third-order valence-corrected chi connectivity index (χ3v) is 4.13. The summed E-state index contributed by atoms with van der Waals surface area (Å²) in [6, 6.07) is 6.25. The van der Waals surface area contributed by atoms with Gasteiger partial charge < -0.3 is 10.6 Å². The van der Waals surface area contributed by atoms with E-state index >= 15 is 0 Å². The van der Waals surface area contributed by atoms with Crippen LogP contribution in [0.25, 0.3) is 0 Å². The van der Waals surface area contributed by atoms with E-state index in [-0.39, 0.29) is 11.9 Å². The van der Waals surface area contributed by atoms with Gasteiger partial charge in [0.15, 0.2) is 0 Å². The fourth-order valence-electron chi connectivity index (χ4n) is 2.86. The van der Waals surface area contributed by atoms with E-state index in [0.717, 1.165) is 36.1 Å². The van der Waals surface area contributed by atoms with Gasteiger partial charge in [-0.25, -0.2) is 0 Å². The summed E-state index contributed by atoms with van der Waals surface area (Å²) in [6.45, 7) is 7.64. The first-order valence-corrected chi connectivity index (χ1v) is 7.11. The molecular formula is C16H24N2O. The lowest BCUT2D eigenvalue weighted by Gasteiger charge is -2.38. The summed E-state index contributed by atoms with van der Waals surface area (Å²) >= 11 is 0. The zero-order valence-electron chi connectivity index (χ0n) is 12.1. The van der Waals surface area contributed by atoms with Crippen molar-refractivity contribution in [3.63, 3.8) is 0 Å². The van der Waals surface area contributed by atoms with Gasteiger partial charge >= 0.3 is 0 Å². The molecule has 1 heterocycles. The van der Waals surface area contributed by atoms with Crippen LogP contribution in [0, 0.1) is 19.8 Å². The second kappa shape index (κ2) is 5.74. The Kier molecular flexibility index (Phi) is 4.25. The number of nitrogens with zero attached hydrogens (tertiary/aromatic N) is 1. The predicted octanol–water partition coefficient (Wildman–Crippen LogP) is 2.50. The average Bonchev–Trinajstić information content (AvgIpc) is 2.40. The molecule has 0 aromatic heterocycles. The van der Waals surface area contributed by atoms with Crippen molar-refractivity contribution in [3.8, 4) is 0 Å². The highest BCUT2D eigenvalue weighted by molar-refractivity contribution is 5.96. The number of hydrogen-bond acceptors (Lipinski definition) is 2. The van der Waals surface area contributed by atoms with Gasteiger partial charge in [-0.15, -0.1) is 0 Å². The van der Waals surface area contributed by atoms with Crippen LogP contribution < -0.4 is 5.73 Å². The maximum absolute atomic E-state index is 12.7. The fourth-order valence-corrected chi connectivity index (χ4v) is 2.86. The van der Waals surface area contributed by atoms with Crippen molar-refractivity contribution in [1.82, 2.24) is 4.90 Å². The minimum Gasteiger partial charge on any atom is -0.334 e. The van der Waals surface area contributed by atoms with E-state index in [0.29, 0.717) is 12.5 Å². The Hall–Kier alpha value is -1.35. The topological polar surface area (TPSA) is 46.3 Å². The highest BCUT2D eigenvalue weighted by Crippen LogP contribution is 2.24. The van der Waals surface area contributed by atoms with E-state index in [9.17, 15) is 4.79 Å². The molecule has 1 amide bonds. The highest BCUT2D eigenvalue weighted by Gasteiger charge is 2.30. The van der Waals surface area contributed by atoms with E-state index in [1.807, 2.05) is 36.9 Å². The number of amides is 1. The van der Waals surface area contributed by atoms with E-state index in [1.165, 1.54) is 0 Å². The summed E-state index contributed by atoms with van der Waals surface area (Å²) in [5.41, 5.74) is 8.85. The number of likely N-dealkylation sites (tertiary alicyclic amines) is 1. The van der Waals surface area contributed by atoms with Crippen LogP contribution in [0.2, 0.25) is 0 Å². The first-order valence-electron chi connectivity index (χ1n) is 7.11.